The van der Waals surface area contributed by atoms with Gasteiger partial charge in [-0.15, -0.1) is 0 Å². The number of amides is 2. The fourth-order valence-electron chi connectivity index (χ4n) is 4.15. The highest BCUT2D eigenvalue weighted by Crippen LogP contribution is 2.27. The maximum atomic E-state index is 13.1. The predicted molar refractivity (Wildman–Crippen MR) is 131 cm³/mol. The van der Waals surface area contributed by atoms with Crippen LogP contribution in [0.1, 0.15) is 40.7 Å². The van der Waals surface area contributed by atoms with Crippen molar-refractivity contribution in [2.45, 2.75) is 32.1 Å². The molecule has 1 aliphatic rings. The molecule has 4 rings (SSSR count). The van der Waals surface area contributed by atoms with Crippen LogP contribution < -0.4 is 15.4 Å². The standard InChI is InChI=1S/C28H30N2O3/c31-27(22-8-3-1-4-9-22)29-18-7-10-23(28(32)30-25-11-5-2-6-12-25)15-13-21-14-16-26-24(20-21)17-19-33-26/h1-6,8-9,11-12,14,16,20,23H,7,10,13,15,17-19H2,(H,29,31)(H,30,32). The van der Waals surface area contributed by atoms with Gasteiger partial charge < -0.3 is 15.4 Å². The number of hydrogen-bond acceptors (Lipinski definition) is 3. The largest absolute Gasteiger partial charge is 0.493 e. The number of fused-ring (bicyclic) bond motifs is 1. The van der Waals surface area contributed by atoms with Gasteiger partial charge in [-0.1, -0.05) is 48.5 Å². The summed E-state index contributed by atoms with van der Waals surface area (Å²) in [5.41, 5.74) is 3.94. The number of benzene rings is 3. The number of carbonyl (C=O) groups excluding carboxylic acids is 2. The molecule has 5 heteroatoms. The highest BCUT2D eigenvalue weighted by molar-refractivity contribution is 5.94. The van der Waals surface area contributed by atoms with Gasteiger partial charge in [-0.05, 0) is 67.1 Å². The first-order valence-electron chi connectivity index (χ1n) is 11.6. The number of ether oxygens (including phenoxy) is 1. The number of carbonyl (C=O) groups is 2. The Morgan fingerprint density at radius 2 is 1.67 bits per heavy atom. The topological polar surface area (TPSA) is 67.4 Å². The molecule has 1 atom stereocenters. The molecule has 3 aromatic carbocycles. The Morgan fingerprint density at radius 1 is 0.909 bits per heavy atom. The van der Waals surface area contributed by atoms with Crippen LogP contribution in [-0.2, 0) is 17.6 Å². The van der Waals surface area contributed by atoms with Crippen LogP contribution in [-0.4, -0.2) is 25.0 Å². The maximum absolute atomic E-state index is 13.1. The van der Waals surface area contributed by atoms with E-state index in [1.165, 1.54) is 11.1 Å². The third-order valence-electron chi connectivity index (χ3n) is 6.00. The summed E-state index contributed by atoms with van der Waals surface area (Å²) in [4.78, 5) is 25.3. The summed E-state index contributed by atoms with van der Waals surface area (Å²) in [5, 5.41) is 6.01. The molecule has 0 radical (unpaired) electrons. The summed E-state index contributed by atoms with van der Waals surface area (Å²) in [6.07, 6.45) is 3.98. The minimum Gasteiger partial charge on any atom is -0.493 e. The van der Waals surface area contributed by atoms with Crippen LogP contribution in [0.4, 0.5) is 5.69 Å². The molecule has 0 saturated carbocycles. The van der Waals surface area contributed by atoms with Crippen LogP contribution >= 0.6 is 0 Å². The van der Waals surface area contributed by atoms with Gasteiger partial charge in [-0.25, -0.2) is 0 Å². The number of para-hydroxylation sites is 1. The number of rotatable bonds is 10. The second-order valence-electron chi connectivity index (χ2n) is 8.40. The highest BCUT2D eigenvalue weighted by Gasteiger charge is 2.19. The molecular formula is C28H30N2O3. The van der Waals surface area contributed by atoms with Gasteiger partial charge in [0.25, 0.3) is 5.91 Å². The maximum Gasteiger partial charge on any atom is 0.251 e. The first-order valence-corrected chi connectivity index (χ1v) is 11.6. The van der Waals surface area contributed by atoms with Gasteiger partial charge in [0.2, 0.25) is 5.91 Å². The first kappa shape index (κ1) is 22.6. The van der Waals surface area contributed by atoms with Crippen molar-refractivity contribution >= 4 is 17.5 Å². The Balaban J connectivity index is 1.33. The fraction of sp³-hybridized carbons (Fsp3) is 0.286. The first-order chi connectivity index (χ1) is 16.2. The third-order valence-corrected chi connectivity index (χ3v) is 6.00. The molecule has 33 heavy (non-hydrogen) atoms. The van der Waals surface area contributed by atoms with Gasteiger partial charge in [0.05, 0.1) is 6.61 Å². The van der Waals surface area contributed by atoms with Crippen LogP contribution in [0.2, 0.25) is 0 Å². The molecule has 2 amide bonds. The van der Waals surface area contributed by atoms with E-state index in [2.05, 4.69) is 22.8 Å². The van der Waals surface area contributed by atoms with Crippen LogP contribution in [0.25, 0.3) is 0 Å². The smallest absolute Gasteiger partial charge is 0.251 e. The summed E-state index contributed by atoms with van der Waals surface area (Å²) < 4.78 is 5.60. The molecule has 170 valence electrons. The summed E-state index contributed by atoms with van der Waals surface area (Å²) in [5.74, 6) is 0.788. The molecule has 2 N–H and O–H groups in total. The van der Waals surface area contributed by atoms with Crippen molar-refractivity contribution in [3.63, 3.8) is 0 Å². The van der Waals surface area contributed by atoms with E-state index in [0.717, 1.165) is 43.7 Å². The van der Waals surface area contributed by atoms with E-state index in [-0.39, 0.29) is 17.7 Å². The summed E-state index contributed by atoms with van der Waals surface area (Å²) in [6, 6.07) is 25.1. The molecule has 0 bridgehead atoms. The molecule has 5 nitrogen and oxygen atoms in total. The van der Waals surface area contributed by atoms with Crippen LogP contribution in [0, 0.1) is 5.92 Å². The van der Waals surface area contributed by atoms with Gasteiger partial charge in [0.15, 0.2) is 0 Å². The van der Waals surface area contributed by atoms with E-state index in [1.54, 1.807) is 12.1 Å². The number of hydrogen-bond donors (Lipinski definition) is 2. The summed E-state index contributed by atoms with van der Waals surface area (Å²) in [6.45, 7) is 1.29. The third kappa shape index (κ3) is 6.45. The quantitative estimate of drug-likeness (QED) is 0.433. The second-order valence-corrected chi connectivity index (χ2v) is 8.40. The van der Waals surface area contributed by atoms with E-state index in [0.29, 0.717) is 18.5 Å². The Hall–Kier alpha value is -3.60. The Kier molecular flexibility index (Phi) is 7.75. The SMILES string of the molecule is O=C(NCCCC(CCc1ccc2c(c1)CCO2)C(=O)Nc1ccccc1)c1ccccc1. The zero-order chi connectivity index (χ0) is 22.9. The van der Waals surface area contributed by atoms with Crippen molar-refractivity contribution in [1.82, 2.24) is 5.32 Å². The molecule has 0 aliphatic carbocycles. The Bertz CT molecular complexity index is 1070. The Morgan fingerprint density at radius 3 is 2.45 bits per heavy atom. The van der Waals surface area contributed by atoms with Crippen molar-refractivity contribution in [2.24, 2.45) is 5.92 Å². The molecule has 3 aromatic rings. The molecule has 0 spiro atoms. The van der Waals surface area contributed by atoms with Crippen LogP contribution in [0.5, 0.6) is 5.75 Å². The van der Waals surface area contributed by atoms with E-state index >= 15 is 0 Å². The molecule has 0 fully saturated rings. The number of anilines is 1. The molecule has 1 aliphatic heterocycles. The Labute approximate surface area is 195 Å². The zero-order valence-electron chi connectivity index (χ0n) is 18.8. The predicted octanol–water partition coefficient (Wildman–Crippen LogP) is 5.02. The average Bonchev–Trinajstić information content (AvgIpc) is 3.32. The summed E-state index contributed by atoms with van der Waals surface area (Å²) in [7, 11) is 0. The number of nitrogens with one attached hydrogen (secondary N) is 2. The van der Waals surface area contributed by atoms with Crippen LogP contribution in [0.15, 0.2) is 78.9 Å². The molecule has 0 aromatic heterocycles. The molecule has 1 heterocycles. The lowest BCUT2D eigenvalue weighted by Gasteiger charge is -2.17. The van der Waals surface area contributed by atoms with E-state index in [1.807, 2.05) is 54.6 Å². The van der Waals surface area contributed by atoms with Crippen molar-refractivity contribution in [3.8, 4) is 5.75 Å². The lowest BCUT2D eigenvalue weighted by molar-refractivity contribution is -0.120. The zero-order valence-corrected chi connectivity index (χ0v) is 18.8. The molecular weight excluding hydrogens is 412 g/mol. The lowest BCUT2D eigenvalue weighted by Crippen LogP contribution is -2.27. The molecule has 0 saturated heterocycles. The van der Waals surface area contributed by atoms with Crippen molar-refractivity contribution in [3.05, 3.63) is 95.6 Å². The van der Waals surface area contributed by atoms with Crippen molar-refractivity contribution < 1.29 is 14.3 Å². The van der Waals surface area contributed by atoms with Gasteiger partial charge >= 0.3 is 0 Å². The summed E-state index contributed by atoms with van der Waals surface area (Å²) >= 11 is 0. The highest BCUT2D eigenvalue weighted by atomic mass is 16.5. The second kappa shape index (κ2) is 11.3. The van der Waals surface area contributed by atoms with Crippen molar-refractivity contribution in [1.29, 1.82) is 0 Å². The van der Waals surface area contributed by atoms with Gasteiger partial charge in [-0.2, -0.15) is 0 Å². The lowest BCUT2D eigenvalue weighted by atomic mass is 9.93. The van der Waals surface area contributed by atoms with E-state index in [9.17, 15) is 9.59 Å². The monoisotopic (exact) mass is 442 g/mol. The van der Waals surface area contributed by atoms with Gasteiger partial charge in [0, 0.05) is 30.1 Å². The average molecular weight is 443 g/mol. The normalized spacial score (nSPS) is 13.0. The molecule has 1 unspecified atom stereocenters. The minimum atomic E-state index is -0.136. The van der Waals surface area contributed by atoms with E-state index in [4.69, 9.17) is 4.74 Å². The van der Waals surface area contributed by atoms with Crippen molar-refractivity contribution in [2.75, 3.05) is 18.5 Å². The van der Waals surface area contributed by atoms with Gasteiger partial charge in [0.1, 0.15) is 5.75 Å². The van der Waals surface area contributed by atoms with Crippen LogP contribution in [0.3, 0.4) is 0 Å². The minimum absolute atomic E-state index is 0.0279. The van der Waals surface area contributed by atoms with E-state index < -0.39 is 0 Å². The number of aryl methyl sites for hydroxylation is 1. The van der Waals surface area contributed by atoms with Gasteiger partial charge in [-0.3, -0.25) is 9.59 Å². The fourth-order valence-corrected chi connectivity index (χ4v) is 4.15.